The number of nitrogens with zero attached hydrogens (tertiary/aromatic N) is 2. The number of rotatable bonds is 3. The maximum absolute atomic E-state index is 3.58. The molecule has 1 atom stereocenters. The van der Waals surface area contributed by atoms with Crippen molar-refractivity contribution in [1.82, 2.24) is 15.1 Å². The number of hydrogen-bond donors (Lipinski definition) is 1. The van der Waals surface area contributed by atoms with E-state index in [-0.39, 0.29) is 0 Å². The SMILES string of the molecule is CC(C)N1CCN(CC2CCCN2)CC1. The maximum Gasteiger partial charge on any atom is 0.0195 e. The van der Waals surface area contributed by atoms with Crippen molar-refractivity contribution in [1.29, 1.82) is 0 Å². The van der Waals surface area contributed by atoms with Gasteiger partial charge in [-0.1, -0.05) is 0 Å². The van der Waals surface area contributed by atoms with E-state index in [0.717, 1.165) is 12.1 Å². The summed E-state index contributed by atoms with van der Waals surface area (Å²) in [7, 11) is 0. The van der Waals surface area contributed by atoms with E-state index < -0.39 is 0 Å². The Morgan fingerprint density at radius 1 is 1.20 bits per heavy atom. The van der Waals surface area contributed by atoms with Crippen LogP contribution in [-0.2, 0) is 0 Å². The van der Waals surface area contributed by atoms with Crippen molar-refractivity contribution in [3.05, 3.63) is 0 Å². The van der Waals surface area contributed by atoms with Gasteiger partial charge in [-0.25, -0.2) is 0 Å². The van der Waals surface area contributed by atoms with Crippen LogP contribution in [0.15, 0.2) is 0 Å². The lowest BCUT2D eigenvalue weighted by Gasteiger charge is -2.37. The zero-order chi connectivity index (χ0) is 10.7. The Morgan fingerprint density at radius 2 is 1.93 bits per heavy atom. The standard InChI is InChI=1S/C12H25N3/c1-11(2)15-8-6-14(7-9-15)10-12-4-3-5-13-12/h11-13H,3-10H2,1-2H3. The first-order valence-electron chi connectivity index (χ1n) is 6.45. The second kappa shape index (κ2) is 5.28. The van der Waals surface area contributed by atoms with Crippen LogP contribution in [0.1, 0.15) is 26.7 Å². The molecule has 15 heavy (non-hydrogen) atoms. The van der Waals surface area contributed by atoms with E-state index in [0.29, 0.717) is 0 Å². The lowest BCUT2D eigenvalue weighted by Crippen LogP contribution is -2.51. The highest BCUT2D eigenvalue weighted by atomic mass is 15.3. The monoisotopic (exact) mass is 211 g/mol. The fourth-order valence-electron chi connectivity index (χ4n) is 2.69. The summed E-state index contributed by atoms with van der Waals surface area (Å²) in [6.45, 7) is 12.1. The minimum atomic E-state index is 0.719. The Balaban J connectivity index is 1.68. The Labute approximate surface area is 93.8 Å². The number of hydrogen-bond acceptors (Lipinski definition) is 3. The summed E-state index contributed by atoms with van der Waals surface area (Å²) in [4.78, 5) is 5.21. The lowest BCUT2D eigenvalue weighted by molar-refractivity contribution is 0.103. The highest BCUT2D eigenvalue weighted by Crippen LogP contribution is 2.10. The summed E-state index contributed by atoms with van der Waals surface area (Å²) in [5.41, 5.74) is 0. The molecule has 0 aromatic heterocycles. The van der Waals surface area contributed by atoms with Crippen LogP contribution in [0.4, 0.5) is 0 Å². The highest BCUT2D eigenvalue weighted by Gasteiger charge is 2.22. The third-order valence-electron chi connectivity index (χ3n) is 3.78. The number of nitrogens with one attached hydrogen (secondary N) is 1. The third-order valence-corrected chi connectivity index (χ3v) is 3.78. The van der Waals surface area contributed by atoms with Crippen LogP contribution in [0.2, 0.25) is 0 Å². The van der Waals surface area contributed by atoms with Gasteiger partial charge < -0.3 is 5.32 Å². The molecule has 1 unspecified atom stereocenters. The van der Waals surface area contributed by atoms with Gasteiger partial charge in [-0.2, -0.15) is 0 Å². The molecule has 0 aromatic carbocycles. The van der Waals surface area contributed by atoms with Crippen molar-refractivity contribution >= 4 is 0 Å². The molecule has 0 amide bonds. The Bertz CT molecular complexity index is 179. The van der Waals surface area contributed by atoms with Gasteiger partial charge in [-0.15, -0.1) is 0 Å². The normalized spacial score (nSPS) is 30.2. The molecule has 2 saturated heterocycles. The minimum Gasteiger partial charge on any atom is -0.313 e. The zero-order valence-corrected chi connectivity index (χ0v) is 10.2. The Morgan fingerprint density at radius 3 is 2.47 bits per heavy atom. The van der Waals surface area contributed by atoms with E-state index in [4.69, 9.17) is 0 Å². The van der Waals surface area contributed by atoms with Gasteiger partial charge in [-0.05, 0) is 33.2 Å². The van der Waals surface area contributed by atoms with Crippen molar-refractivity contribution in [3.8, 4) is 0 Å². The van der Waals surface area contributed by atoms with Gasteiger partial charge in [0.05, 0.1) is 0 Å². The van der Waals surface area contributed by atoms with E-state index >= 15 is 0 Å². The molecule has 0 bridgehead atoms. The van der Waals surface area contributed by atoms with Gasteiger partial charge in [0, 0.05) is 44.8 Å². The zero-order valence-electron chi connectivity index (χ0n) is 10.2. The largest absolute Gasteiger partial charge is 0.313 e. The minimum absolute atomic E-state index is 0.719. The predicted molar refractivity (Wildman–Crippen MR) is 64.2 cm³/mol. The molecule has 2 fully saturated rings. The average Bonchev–Trinajstić information content (AvgIpc) is 2.71. The average molecular weight is 211 g/mol. The van der Waals surface area contributed by atoms with Crippen LogP contribution in [0.5, 0.6) is 0 Å². The second-order valence-electron chi connectivity index (χ2n) is 5.22. The molecule has 0 saturated carbocycles. The molecule has 3 heteroatoms. The smallest absolute Gasteiger partial charge is 0.0195 e. The summed E-state index contributed by atoms with van der Waals surface area (Å²) in [6, 6.07) is 1.49. The molecule has 2 aliphatic rings. The Hall–Kier alpha value is -0.120. The van der Waals surface area contributed by atoms with E-state index in [1.165, 1.54) is 52.1 Å². The van der Waals surface area contributed by atoms with E-state index in [9.17, 15) is 0 Å². The van der Waals surface area contributed by atoms with Crippen molar-refractivity contribution in [2.24, 2.45) is 0 Å². The van der Waals surface area contributed by atoms with Crippen LogP contribution < -0.4 is 5.32 Å². The third kappa shape index (κ3) is 3.16. The van der Waals surface area contributed by atoms with Crippen LogP contribution in [0.25, 0.3) is 0 Å². The topological polar surface area (TPSA) is 18.5 Å². The summed E-state index contributed by atoms with van der Waals surface area (Å²) in [5, 5.41) is 3.58. The lowest BCUT2D eigenvalue weighted by atomic mass is 10.2. The highest BCUT2D eigenvalue weighted by molar-refractivity contribution is 4.81. The first-order valence-corrected chi connectivity index (χ1v) is 6.45. The molecular formula is C12H25N3. The molecule has 3 nitrogen and oxygen atoms in total. The van der Waals surface area contributed by atoms with E-state index in [1.807, 2.05) is 0 Å². The van der Waals surface area contributed by atoms with E-state index in [2.05, 4.69) is 29.0 Å². The van der Waals surface area contributed by atoms with Gasteiger partial charge >= 0.3 is 0 Å². The molecule has 2 rings (SSSR count). The molecular weight excluding hydrogens is 186 g/mol. The maximum atomic E-state index is 3.58. The quantitative estimate of drug-likeness (QED) is 0.744. The summed E-state index contributed by atoms with van der Waals surface area (Å²) in [5.74, 6) is 0. The van der Waals surface area contributed by atoms with Gasteiger partial charge in [0.2, 0.25) is 0 Å². The van der Waals surface area contributed by atoms with Crippen molar-refractivity contribution < 1.29 is 0 Å². The van der Waals surface area contributed by atoms with Gasteiger partial charge in [0.25, 0.3) is 0 Å². The second-order valence-corrected chi connectivity index (χ2v) is 5.22. The number of piperazine rings is 1. The molecule has 0 radical (unpaired) electrons. The summed E-state index contributed by atoms with van der Waals surface area (Å²) < 4.78 is 0. The molecule has 2 heterocycles. The van der Waals surface area contributed by atoms with Crippen molar-refractivity contribution in [3.63, 3.8) is 0 Å². The van der Waals surface area contributed by atoms with Gasteiger partial charge in [0.15, 0.2) is 0 Å². The molecule has 2 aliphatic heterocycles. The summed E-state index contributed by atoms with van der Waals surface area (Å²) >= 11 is 0. The first-order chi connectivity index (χ1) is 7.25. The summed E-state index contributed by atoms with van der Waals surface area (Å²) in [6.07, 6.45) is 2.75. The predicted octanol–water partition coefficient (Wildman–Crippen LogP) is 0.764. The van der Waals surface area contributed by atoms with E-state index in [1.54, 1.807) is 0 Å². The molecule has 0 aliphatic carbocycles. The molecule has 0 aromatic rings. The van der Waals surface area contributed by atoms with Crippen LogP contribution in [-0.4, -0.2) is 61.2 Å². The molecule has 1 N–H and O–H groups in total. The molecule has 0 spiro atoms. The first kappa shape index (κ1) is 11.4. The Kier molecular flexibility index (Phi) is 4.00. The van der Waals surface area contributed by atoms with Crippen molar-refractivity contribution in [2.45, 2.75) is 38.8 Å². The van der Waals surface area contributed by atoms with Crippen LogP contribution in [0, 0.1) is 0 Å². The van der Waals surface area contributed by atoms with Gasteiger partial charge in [0.1, 0.15) is 0 Å². The fraction of sp³-hybridized carbons (Fsp3) is 1.00. The van der Waals surface area contributed by atoms with Crippen LogP contribution >= 0.6 is 0 Å². The van der Waals surface area contributed by atoms with Gasteiger partial charge in [-0.3, -0.25) is 9.80 Å². The van der Waals surface area contributed by atoms with Crippen LogP contribution in [0.3, 0.4) is 0 Å². The van der Waals surface area contributed by atoms with Crippen molar-refractivity contribution in [2.75, 3.05) is 39.3 Å². The molecule has 88 valence electrons. The fourth-order valence-corrected chi connectivity index (χ4v) is 2.69.